The van der Waals surface area contributed by atoms with Gasteiger partial charge in [-0.15, -0.1) is 0 Å². The van der Waals surface area contributed by atoms with Crippen molar-refractivity contribution in [1.82, 2.24) is 0 Å². The van der Waals surface area contributed by atoms with Gasteiger partial charge in [-0.2, -0.15) is 0 Å². The van der Waals surface area contributed by atoms with Gasteiger partial charge in [0.1, 0.15) is 11.5 Å². The molecule has 2 aromatic rings. The van der Waals surface area contributed by atoms with Crippen molar-refractivity contribution in [2.45, 2.75) is 18.7 Å². The molecule has 0 aliphatic rings. The van der Waals surface area contributed by atoms with Gasteiger partial charge in [0.2, 0.25) is 0 Å². The molecule has 0 heterocycles. The predicted octanol–water partition coefficient (Wildman–Crippen LogP) is 3.20. The zero-order valence-corrected chi connectivity index (χ0v) is 13.6. The van der Waals surface area contributed by atoms with Gasteiger partial charge < -0.3 is 9.47 Å². The molecule has 0 spiro atoms. The molecular formula is C16H19NO4S. The average Bonchev–Trinajstić information content (AvgIpc) is 2.49. The van der Waals surface area contributed by atoms with Crippen LogP contribution in [0.5, 0.6) is 11.5 Å². The third kappa shape index (κ3) is 3.71. The van der Waals surface area contributed by atoms with E-state index in [0.29, 0.717) is 23.8 Å². The lowest BCUT2D eigenvalue weighted by Crippen LogP contribution is -2.13. The molecular weight excluding hydrogens is 302 g/mol. The number of hydrogen-bond acceptors (Lipinski definition) is 4. The maximum absolute atomic E-state index is 12.4. The number of sulfonamides is 1. The van der Waals surface area contributed by atoms with Crippen molar-refractivity contribution in [3.63, 3.8) is 0 Å². The van der Waals surface area contributed by atoms with Crippen molar-refractivity contribution in [1.29, 1.82) is 0 Å². The number of benzene rings is 2. The Morgan fingerprint density at radius 2 is 1.91 bits per heavy atom. The molecule has 1 N–H and O–H groups in total. The second kappa shape index (κ2) is 6.70. The van der Waals surface area contributed by atoms with Gasteiger partial charge >= 0.3 is 0 Å². The summed E-state index contributed by atoms with van der Waals surface area (Å²) in [7, 11) is -2.12. The van der Waals surface area contributed by atoms with E-state index in [-0.39, 0.29) is 4.90 Å². The number of aryl methyl sites for hydroxylation is 1. The van der Waals surface area contributed by atoms with Crippen molar-refractivity contribution in [3.05, 3.63) is 48.0 Å². The molecule has 0 radical (unpaired) electrons. The van der Waals surface area contributed by atoms with Gasteiger partial charge in [0.15, 0.2) is 0 Å². The largest absolute Gasteiger partial charge is 0.497 e. The predicted molar refractivity (Wildman–Crippen MR) is 86.2 cm³/mol. The van der Waals surface area contributed by atoms with Gasteiger partial charge in [0.05, 0.1) is 24.3 Å². The third-order valence-corrected chi connectivity index (χ3v) is 4.46. The molecule has 2 aromatic carbocycles. The topological polar surface area (TPSA) is 64.6 Å². The van der Waals surface area contributed by atoms with E-state index in [1.54, 1.807) is 36.4 Å². The second-order valence-electron chi connectivity index (χ2n) is 4.70. The zero-order chi connectivity index (χ0) is 16.2. The van der Waals surface area contributed by atoms with Gasteiger partial charge in [-0.25, -0.2) is 8.42 Å². The van der Waals surface area contributed by atoms with Crippen LogP contribution in [0.3, 0.4) is 0 Å². The van der Waals surface area contributed by atoms with E-state index in [4.69, 9.17) is 9.47 Å². The van der Waals surface area contributed by atoms with Crippen LogP contribution in [0.15, 0.2) is 47.4 Å². The number of rotatable bonds is 6. The van der Waals surface area contributed by atoms with Gasteiger partial charge in [0.25, 0.3) is 10.0 Å². The molecule has 0 unspecified atom stereocenters. The van der Waals surface area contributed by atoms with E-state index in [1.807, 2.05) is 13.8 Å². The van der Waals surface area contributed by atoms with Gasteiger partial charge in [-0.05, 0) is 49.7 Å². The quantitative estimate of drug-likeness (QED) is 0.887. The first-order valence-corrected chi connectivity index (χ1v) is 8.35. The first kappa shape index (κ1) is 16.2. The summed E-state index contributed by atoms with van der Waals surface area (Å²) in [5, 5.41) is 0. The Morgan fingerprint density at radius 1 is 1.14 bits per heavy atom. The minimum absolute atomic E-state index is 0.191. The SMILES string of the molecule is CCOc1ccc(S(=O)(=O)Nc2cccc(OC)c2)cc1C. The van der Waals surface area contributed by atoms with Gasteiger partial charge in [-0.3, -0.25) is 4.72 Å². The number of hydrogen-bond donors (Lipinski definition) is 1. The van der Waals surface area contributed by atoms with Crippen LogP contribution in [0.25, 0.3) is 0 Å². The van der Waals surface area contributed by atoms with Crippen LogP contribution in [-0.4, -0.2) is 22.1 Å². The number of ether oxygens (including phenoxy) is 2. The highest BCUT2D eigenvalue weighted by Crippen LogP contribution is 2.24. The van der Waals surface area contributed by atoms with E-state index >= 15 is 0 Å². The first-order valence-electron chi connectivity index (χ1n) is 6.86. The Balaban J connectivity index is 2.28. The van der Waals surface area contributed by atoms with Crippen LogP contribution in [0.1, 0.15) is 12.5 Å². The highest BCUT2D eigenvalue weighted by molar-refractivity contribution is 7.92. The van der Waals surface area contributed by atoms with E-state index in [0.717, 1.165) is 5.56 Å². The summed E-state index contributed by atoms with van der Waals surface area (Å²) in [6.07, 6.45) is 0. The fourth-order valence-corrected chi connectivity index (χ4v) is 3.14. The Morgan fingerprint density at radius 3 is 2.55 bits per heavy atom. The highest BCUT2D eigenvalue weighted by atomic mass is 32.2. The summed E-state index contributed by atoms with van der Waals surface area (Å²) in [6.45, 7) is 4.24. The zero-order valence-electron chi connectivity index (χ0n) is 12.8. The van der Waals surface area contributed by atoms with Crippen LogP contribution < -0.4 is 14.2 Å². The highest BCUT2D eigenvalue weighted by Gasteiger charge is 2.16. The molecule has 0 amide bonds. The third-order valence-electron chi connectivity index (χ3n) is 3.08. The molecule has 0 aliphatic carbocycles. The molecule has 0 saturated heterocycles. The summed E-state index contributed by atoms with van der Waals surface area (Å²) in [5.41, 5.74) is 1.22. The normalized spacial score (nSPS) is 11.0. The van der Waals surface area contributed by atoms with Gasteiger partial charge in [-0.1, -0.05) is 6.07 Å². The van der Waals surface area contributed by atoms with E-state index in [9.17, 15) is 8.42 Å². The molecule has 118 valence electrons. The summed E-state index contributed by atoms with van der Waals surface area (Å²) >= 11 is 0. The molecule has 0 atom stereocenters. The average molecular weight is 321 g/mol. The second-order valence-corrected chi connectivity index (χ2v) is 6.38. The molecule has 0 saturated carbocycles. The summed E-state index contributed by atoms with van der Waals surface area (Å²) < 4.78 is 37.9. The maximum atomic E-state index is 12.4. The minimum Gasteiger partial charge on any atom is -0.497 e. The van der Waals surface area contributed by atoms with Crippen molar-refractivity contribution >= 4 is 15.7 Å². The first-order chi connectivity index (χ1) is 10.5. The van der Waals surface area contributed by atoms with Crippen LogP contribution in [0, 0.1) is 6.92 Å². The molecule has 0 bridgehead atoms. The van der Waals surface area contributed by atoms with Crippen LogP contribution in [0.2, 0.25) is 0 Å². The van der Waals surface area contributed by atoms with Crippen molar-refractivity contribution in [3.8, 4) is 11.5 Å². The molecule has 0 fully saturated rings. The summed E-state index contributed by atoms with van der Waals surface area (Å²) in [5.74, 6) is 1.27. The monoisotopic (exact) mass is 321 g/mol. The van der Waals surface area contributed by atoms with Crippen LogP contribution in [0.4, 0.5) is 5.69 Å². The van der Waals surface area contributed by atoms with Crippen molar-refractivity contribution in [2.75, 3.05) is 18.4 Å². The van der Waals surface area contributed by atoms with E-state index in [1.165, 1.54) is 13.2 Å². The van der Waals surface area contributed by atoms with E-state index < -0.39 is 10.0 Å². The fraction of sp³-hybridized carbons (Fsp3) is 0.250. The molecule has 0 aromatic heterocycles. The molecule has 2 rings (SSSR count). The number of anilines is 1. The molecule has 6 heteroatoms. The number of methoxy groups -OCH3 is 1. The van der Waals surface area contributed by atoms with Crippen molar-refractivity contribution in [2.24, 2.45) is 0 Å². The Bertz CT molecular complexity index is 756. The lowest BCUT2D eigenvalue weighted by atomic mass is 10.2. The standard InChI is InChI=1S/C16H19NO4S/c1-4-21-16-9-8-15(10-12(16)2)22(18,19)17-13-6-5-7-14(11-13)20-3/h5-11,17H,4H2,1-3H3. The summed E-state index contributed by atoms with van der Waals surface area (Å²) in [6, 6.07) is 11.5. The molecule has 5 nitrogen and oxygen atoms in total. The maximum Gasteiger partial charge on any atom is 0.261 e. The molecule has 22 heavy (non-hydrogen) atoms. The van der Waals surface area contributed by atoms with Crippen LogP contribution in [-0.2, 0) is 10.0 Å². The van der Waals surface area contributed by atoms with Gasteiger partial charge in [0, 0.05) is 6.07 Å². The lowest BCUT2D eigenvalue weighted by Gasteiger charge is -2.12. The molecule has 0 aliphatic heterocycles. The Hall–Kier alpha value is -2.21. The lowest BCUT2D eigenvalue weighted by molar-refractivity contribution is 0.337. The minimum atomic E-state index is -3.65. The smallest absolute Gasteiger partial charge is 0.261 e. The Labute approximate surface area is 130 Å². The van der Waals surface area contributed by atoms with Crippen molar-refractivity contribution < 1.29 is 17.9 Å². The van der Waals surface area contributed by atoms with Crippen LogP contribution >= 0.6 is 0 Å². The summed E-state index contributed by atoms with van der Waals surface area (Å²) in [4.78, 5) is 0.191. The number of nitrogens with one attached hydrogen (secondary N) is 1. The van der Waals surface area contributed by atoms with E-state index in [2.05, 4.69) is 4.72 Å². The Kier molecular flexibility index (Phi) is 4.92. The fourth-order valence-electron chi connectivity index (χ4n) is 2.01.